The highest BCUT2D eigenvalue weighted by Gasteiger charge is 2.48. The van der Waals surface area contributed by atoms with E-state index in [1.54, 1.807) is 0 Å². The molecule has 1 atom stereocenters. The van der Waals surface area contributed by atoms with Gasteiger partial charge in [-0.25, -0.2) is 4.98 Å². The van der Waals surface area contributed by atoms with Gasteiger partial charge in [0.15, 0.2) is 0 Å². The Labute approximate surface area is 109 Å². The smallest absolute Gasteiger partial charge is 0.0968 e. The molecule has 1 fully saturated rings. The summed E-state index contributed by atoms with van der Waals surface area (Å²) in [6.07, 6.45) is 3.57. The minimum atomic E-state index is 0.497. The molecule has 1 heterocycles. The van der Waals surface area contributed by atoms with Gasteiger partial charge in [0, 0.05) is 17.3 Å². The van der Waals surface area contributed by atoms with E-state index in [2.05, 4.69) is 33.0 Å². The zero-order valence-corrected chi connectivity index (χ0v) is 12.3. The zero-order chi connectivity index (χ0) is 12.5. The largest absolute Gasteiger partial charge is 0.312 e. The third kappa shape index (κ3) is 2.89. The molecule has 17 heavy (non-hydrogen) atoms. The molecule has 1 unspecified atom stereocenters. The molecule has 3 heteroatoms. The molecule has 1 aromatic rings. The Morgan fingerprint density at radius 3 is 2.65 bits per heavy atom. The number of rotatable bonds is 6. The first-order valence-electron chi connectivity index (χ1n) is 6.77. The Morgan fingerprint density at radius 2 is 2.12 bits per heavy atom. The molecule has 1 saturated carbocycles. The van der Waals surface area contributed by atoms with Crippen LogP contribution in [-0.4, -0.2) is 11.5 Å². The molecule has 0 amide bonds. The normalized spacial score (nSPS) is 21.8. The van der Waals surface area contributed by atoms with Gasteiger partial charge in [-0.2, -0.15) is 0 Å². The summed E-state index contributed by atoms with van der Waals surface area (Å²) in [4.78, 5) is 6.30. The van der Waals surface area contributed by atoms with E-state index in [0.717, 1.165) is 25.4 Å². The summed E-state index contributed by atoms with van der Waals surface area (Å²) < 4.78 is 0. The fourth-order valence-corrected chi connectivity index (χ4v) is 3.67. The van der Waals surface area contributed by atoms with Gasteiger partial charge in [-0.3, -0.25) is 0 Å². The number of hydrogen-bond acceptors (Lipinski definition) is 3. The van der Waals surface area contributed by atoms with E-state index >= 15 is 0 Å². The fraction of sp³-hybridized carbons (Fsp3) is 0.786. The van der Waals surface area contributed by atoms with Gasteiger partial charge in [-0.05, 0) is 31.2 Å². The average molecular weight is 252 g/mol. The Morgan fingerprint density at radius 1 is 1.41 bits per heavy atom. The van der Waals surface area contributed by atoms with E-state index in [9.17, 15) is 0 Å². The number of nitrogens with zero attached hydrogens (tertiary/aromatic N) is 1. The van der Waals surface area contributed by atoms with E-state index in [4.69, 9.17) is 4.98 Å². The van der Waals surface area contributed by atoms with Crippen LogP contribution in [-0.2, 0) is 13.0 Å². The Balaban J connectivity index is 2.05. The molecular formula is C14H24N2S. The van der Waals surface area contributed by atoms with Crippen LogP contribution in [0.4, 0.5) is 0 Å². The molecule has 0 bridgehead atoms. The van der Waals surface area contributed by atoms with Crippen molar-refractivity contribution < 1.29 is 0 Å². The molecule has 96 valence electrons. The maximum atomic E-state index is 4.84. The van der Waals surface area contributed by atoms with Crippen LogP contribution in [0.1, 0.15) is 62.0 Å². The maximum absolute atomic E-state index is 4.84. The summed E-state index contributed by atoms with van der Waals surface area (Å²) in [6.45, 7) is 11.2. The first kappa shape index (κ1) is 13.0. The van der Waals surface area contributed by atoms with Gasteiger partial charge >= 0.3 is 0 Å². The lowest BCUT2D eigenvalue weighted by Crippen LogP contribution is -2.13. The van der Waals surface area contributed by atoms with E-state index < -0.39 is 0 Å². The fourth-order valence-electron chi connectivity index (χ4n) is 2.23. The Hall–Kier alpha value is -0.410. The summed E-state index contributed by atoms with van der Waals surface area (Å²) >= 11 is 1.93. The third-order valence-electron chi connectivity index (χ3n) is 3.65. The minimum Gasteiger partial charge on any atom is -0.312 e. The molecule has 0 aliphatic heterocycles. The van der Waals surface area contributed by atoms with Gasteiger partial charge in [0.2, 0.25) is 0 Å². The van der Waals surface area contributed by atoms with Crippen LogP contribution < -0.4 is 5.32 Å². The van der Waals surface area contributed by atoms with Crippen LogP contribution in [0.15, 0.2) is 0 Å². The highest BCUT2D eigenvalue weighted by atomic mass is 32.1. The first-order valence-corrected chi connectivity index (χ1v) is 7.59. The SMILES string of the molecule is CCCNCc1sc(C2CC2(C)C)nc1CC. The second kappa shape index (κ2) is 5.07. The highest BCUT2D eigenvalue weighted by molar-refractivity contribution is 7.11. The molecule has 1 aliphatic rings. The molecule has 1 aliphatic carbocycles. The van der Waals surface area contributed by atoms with Crippen LogP contribution in [0.3, 0.4) is 0 Å². The van der Waals surface area contributed by atoms with Crippen molar-refractivity contribution in [2.24, 2.45) is 5.41 Å². The molecule has 0 spiro atoms. The number of aryl methyl sites for hydroxylation is 1. The van der Waals surface area contributed by atoms with Crippen molar-refractivity contribution in [2.45, 2.75) is 59.4 Å². The second-order valence-corrected chi connectivity index (χ2v) is 6.81. The zero-order valence-electron chi connectivity index (χ0n) is 11.5. The van der Waals surface area contributed by atoms with Crippen LogP contribution >= 0.6 is 11.3 Å². The van der Waals surface area contributed by atoms with Gasteiger partial charge in [0.1, 0.15) is 0 Å². The summed E-state index contributed by atoms with van der Waals surface area (Å²) in [5.74, 6) is 0.720. The molecule has 2 rings (SSSR count). The average Bonchev–Trinajstić information content (AvgIpc) is 2.75. The number of hydrogen-bond donors (Lipinski definition) is 1. The first-order chi connectivity index (χ1) is 8.08. The summed E-state index contributed by atoms with van der Waals surface area (Å²) in [5.41, 5.74) is 1.81. The Kier molecular flexibility index (Phi) is 3.88. The molecule has 1 N–H and O–H groups in total. The predicted molar refractivity (Wildman–Crippen MR) is 74.6 cm³/mol. The molecule has 0 saturated heterocycles. The van der Waals surface area contributed by atoms with E-state index in [-0.39, 0.29) is 0 Å². The van der Waals surface area contributed by atoms with Crippen molar-refractivity contribution in [1.82, 2.24) is 10.3 Å². The topological polar surface area (TPSA) is 24.9 Å². The van der Waals surface area contributed by atoms with Crippen molar-refractivity contribution in [3.63, 3.8) is 0 Å². The van der Waals surface area contributed by atoms with Crippen molar-refractivity contribution in [2.75, 3.05) is 6.54 Å². The number of aromatic nitrogens is 1. The van der Waals surface area contributed by atoms with Gasteiger partial charge < -0.3 is 5.32 Å². The molecule has 0 aromatic carbocycles. The highest BCUT2D eigenvalue weighted by Crippen LogP contribution is 2.59. The van der Waals surface area contributed by atoms with Crippen molar-refractivity contribution in [3.8, 4) is 0 Å². The second-order valence-electron chi connectivity index (χ2n) is 5.70. The van der Waals surface area contributed by atoms with Crippen molar-refractivity contribution in [3.05, 3.63) is 15.6 Å². The number of nitrogens with one attached hydrogen (secondary N) is 1. The standard InChI is InChI=1S/C14H24N2S/c1-5-7-15-9-12-11(6-2)16-13(17-12)10-8-14(10,3)4/h10,15H,5-9H2,1-4H3. The van der Waals surface area contributed by atoms with E-state index in [1.807, 2.05) is 11.3 Å². The summed E-state index contributed by atoms with van der Waals surface area (Å²) in [7, 11) is 0. The quantitative estimate of drug-likeness (QED) is 0.781. The number of thiazole rings is 1. The van der Waals surface area contributed by atoms with Crippen LogP contribution in [0, 0.1) is 5.41 Å². The lowest BCUT2D eigenvalue weighted by atomic mass is 10.1. The van der Waals surface area contributed by atoms with Crippen LogP contribution in [0.25, 0.3) is 0 Å². The van der Waals surface area contributed by atoms with Crippen LogP contribution in [0.5, 0.6) is 0 Å². The Bertz CT molecular complexity index is 382. The lowest BCUT2D eigenvalue weighted by molar-refractivity contribution is 0.619. The lowest BCUT2D eigenvalue weighted by Gasteiger charge is -2.01. The van der Waals surface area contributed by atoms with Crippen molar-refractivity contribution >= 4 is 11.3 Å². The predicted octanol–water partition coefficient (Wildman–Crippen LogP) is 3.72. The minimum absolute atomic E-state index is 0.497. The molecular weight excluding hydrogens is 228 g/mol. The van der Waals surface area contributed by atoms with E-state index in [1.165, 1.54) is 28.4 Å². The van der Waals surface area contributed by atoms with Gasteiger partial charge in [0.25, 0.3) is 0 Å². The van der Waals surface area contributed by atoms with E-state index in [0.29, 0.717) is 5.41 Å². The van der Waals surface area contributed by atoms with Crippen molar-refractivity contribution in [1.29, 1.82) is 0 Å². The van der Waals surface area contributed by atoms with Gasteiger partial charge in [0.05, 0.1) is 10.7 Å². The third-order valence-corrected chi connectivity index (χ3v) is 4.86. The monoisotopic (exact) mass is 252 g/mol. The summed E-state index contributed by atoms with van der Waals surface area (Å²) in [5, 5.41) is 4.87. The van der Waals surface area contributed by atoms with Crippen LogP contribution in [0.2, 0.25) is 0 Å². The maximum Gasteiger partial charge on any atom is 0.0968 e. The molecule has 0 radical (unpaired) electrons. The summed E-state index contributed by atoms with van der Waals surface area (Å²) in [6, 6.07) is 0. The van der Waals surface area contributed by atoms with Gasteiger partial charge in [-0.15, -0.1) is 11.3 Å². The molecule has 1 aromatic heterocycles. The molecule has 2 nitrogen and oxygen atoms in total. The van der Waals surface area contributed by atoms with Gasteiger partial charge in [-0.1, -0.05) is 27.7 Å².